The maximum Gasteiger partial charge on any atom is 0.512 e. The number of carbonyl (C=O) groups is 1. The van der Waals surface area contributed by atoms with Crippen molar-refractivity contribution in [3.8, 4) is 0 Å². The number of unbranched alkanes of at least 4 members (excludes halogenated alkanes) is 13. The Balaban J connectivity index is 0. The number of ether oxygens (including phenoxy) is 1. The summed E-state index contributed by atoms with van der Waals surface area (Å²) in [4.78, 5) is 12.8. The highest BCUT2D eigenvalue weighted by atomic mass is 32.3. The summed E-state index contributed by atoms with van der Waals surface area (Å²) in [7, 11) is -14.4. The molecule has 16 heteroatoms. The van der Waals surface area contributed by atoms with E-state index in [1.807, 2.05) is 0 Å². The van der Waals surface area contributed by atoms with Crippen molar-refractivity contribution in [3.63, 3.8) is 0 Å². The van der Waals surface area contributed by atoms with Gasteiger partial charge >= 0.3 is 37.0 Å². The molecule has 0 amide bonds. The van der Waals surface area contributed by atoms with Gasteiger partial charge in [0.1, 0.15) is 0 Å². The van der Waals surface area contributed by atoms with Crippen LogP contribution in [0, 0.1) is 0 Å². The zero-order chi connectivity index (χ0) is 35.0. The van der Waals surface area contributed by atoms with Gasteiger partial charge in [0, 0.05) is 7.26 Å². The lowest BCUT2D eigenvalue weighted by Gasteiger charge is -2.27. The van der Waals surface area contributed by atoms with Gasteiger partial charge in [-0.15, -0.1) is 0 Å². The van der Waals surface area contributed by atoms with Crippen LogP contribution in [0.25, 0.3) is 0 Å². The lowest BCUT2D eigenvalue weighted by atomic mass is 10.2. The van der Waals surface area contributed by atoms with Crippen LogP contribution >= 0.6 is 7.26 Å². The highest BCUT2D eigenvalue weighted by Gasteiger charge is 2.55. The smallest absolute Gasteiger partial charge is 0.463 e. The average molecular weight is 725 g/mol. The Morgan fingerprint density at radius 1 is 0.556 bits per heavy atom. The molecule has 0 saturated carbocycles. The fourth-order valence-electron chi connectivity index (χ4n) is 4.64. The fourth-order valence-corrected chi connectivity index (χ4v) is 11.0. The second-order valence-electron chi connectivity index (χ2n) is 11.5. The van der Waals surface area contributed by atoms with Crippen LogP contribution in [0.15, 0.2) is 0 Å². The van der Waals surface area contributed by atoms with E-state index in [0.717, 1.165) is 12.6 Å². The first-order valence-electron chi connectivity index (χ1n) is 16.3. The summed E-state index contributed by atoms with van der Waals surface area (Å²) < 4.78 is 114. The van der Waals surface area contributed by atoms with E-state index in [4.69, 9.17) is 4.74 Å². The Bertz CT molecular complexity index is 903. The third-order valence-corrected chi connectivity index (χ3v) is 15.0. The molecule has 272 valence electrons. The Kier molecular flexibility index (Phi) is 25.3. The number of esters is 1. The van der Waals surface area contributed by atoms with Gasteiger partial charge in [-0.1, -0.05) is 96.0 Å². The molecular formula is C29H57F6NO6PS2+. The van der Waals surface area contributed by atoms with Crippen LogP contribution < -0.4 is 4.13 Å². The topological polar surface area (TPSA) is 107 Å². The summed E-state index contributed by atoms with van der Waals surface area (Å²) in [6.45, 7) is 9.75. The number of halogens is 6. The van der Waals surface area contributed by atoms with E-state index in [-0.39, 0.29) is 5.97 Å². The van der Waals surface area contributed by atoms with Crippen molar-refractivity contribution in [2.75, 3.05) is 31.3 Å². The number of sulfonamides is 2. The number of hydrogen-bond acceptors (Lipinski definition) is 6. The van der Waals surface area contributed by atoms with Crippen molar-refractivity contribution in [2.24, 2.45) is 0 Å². The summed E-state index contributed by atoms with van der Waals surface area (Å²) >= 11 is 0. The molecule has 0 radical (unpaired) electrons. The van der Waals surface area contributed by atoms with Crippen molar-refractivity contribution >= 4 is 33.3 Å². The summed E-state index contributed by atoms with van der Waals surface area (Å²) in [5.41, 5.74) is -12.3. The molecule has 0 rings (SSSR count). The molecule has 0 aromatic carbocycles. The second kappa shape index (κ2) is 24.5. The largest absolute Gasteiger partial charge is 0.512 e. The molecule has 0 aliphatic carbocycles. The van der Waals surface area contributed by atoms with E-state index in [1.165, 1.54) is 121 Å². The Hall–Kier alpha value is -0.660. The van der Waals surface area contributed by atoms with Crippen LogP contribution in [0.4, 0.5) is 26.3 Å². The maximum absolute atomic E-state index is 12.8. The van der Waals surface area contributed by atoms with Gasteiger partial charge in [0.25, 0.3) is 0 Å². The summed E-state index contributed by atoms with van der Waals surface area (Å²) in [5.74, 6) is 0.125. The zero-order valence-electron chi connectivity index (χ0n) is 27.5. The first-order chi connectivity index (χ1) is 20.8. The molecule has 0 aliphatic rings. The third-order valence-electron chi connectivity index (χ3n) is 7.26. The number of rotatable bonds is 25. The molecule has 0 aromatic rings. The first-order valence-corrected chi connectivity index (χ1v) is 21.8. The highest BCUT2D eigenvalue weighted by molar-refractivity contribution is 8.05. The minimum Gasteiger partial charge on any atom is -0.463 e. The van der Waals surface area contributed by atoms with Gasteiger partial charge in [0.15, 0.2) is 6.16 Å². The molecule has 1 N–H and O–H groups in total. The fraction of sp³-hybridized carbons (Fsp3) is 0.966. The van der Waals surface area contributed by atoms with Gasteiger partial charge in [-0.05, 0) is 44.9 Å². The molecule has 0 atom stereocenters. The lowest BCUT2D eigenvalue weighted by Crippen LogP contribution is -2.45. The predicted octanol–water partition coefficient (Wildman–Crippen LogP) is 9.53. The van der Waals surface area contributed by atoms with Gasteiger partial charge in [-0.25, -0.2) is 21.6 Å². The Morgan fingerprint density at radius 2 is 0.867 bits per heavy atom. The van der Waals surface area contributed by atoms with Crippen LogP contribution in [-0.2, 0) is 29.6 Å². The van der Waals surface area contributed by atoms with E-state index in [9.17, 15) is 48.0 Å². The number of nitrogens with one attached hydrogen (secondary N) is 1. The van der Waals surface area contributed by atoms with Crippen molar-refractivity contribution < 1.29 is 52.7 Å². The zero-order valence-corrected chi connectivity index (χ0v) is 30.1. The van der Waals surface area contributed by atoms with Gasteiger partial charge in [-0.3, -0.25) is 0 Å². The first kappa shape index (κ1) is 46.5. The Labute approximate surface area is 268 Å². The quantitative estimate of drug-likeness (QED) is 0.0435. The van der Waals surface area contributed by atoms with Gasteiger partial charge in [0.05, 0.1) is 25.1 Å². The van der Waals surface area contributed by atoms with Crippen molar-refractivity contribution in [1.29, 1.82) is 0 Å². The van der Waals surface area contributed by atoms with Crippen molar-refractivity contribution in [2.45, 2.75) is 148 Å². The standard InChI is InChI=1S/C27H56O2P.C2HF6NO4S2/c1-5-9-13-17-18-22-29-27(28)26-30(23-19-14-10-6-2,24-20-15-11-7-3)25-21-16-12-8-4;3-1(4,5)14(10,11)9-15(12,13)2(6,7)8/h5-26H2,1-4H3;9H/q+1;. The third kappa shape index (κ3) is 22.5. The number of hydrogen-bond donors (Lipinski definition) is 1. The molecule has 0 saturated heterocycles. The molecular weight excluding hydrogens is 667 g/mol. The number of alkyl halides is 6. The minimum atomic E-state index is -6.60. The summed E-state index contributed by atoms with van der Waals surface area (Å²) in [6, 6.07) is 0. The van der Waals surface area contributed by atoms with Crippen LogP contribution in [0.3, 0.4) is 0 Å². The molecule has 45 heavy (non-hydrogen) atoms. The normalized spacial score (nSPS) is 12.9. The monoisotopic (exact) mass is 724 g/mol. The lowest BCUT2D eigenvalue weighted by molar-refractivity contribution is -0.140. The van der Waals surface area contributed by atoms with Gasteiger partial charge < -0.3 is 4.74 Å². The summed E-state index contributed by atoms with van der Waals surface area (Å²) in [5, 5.41) is 0. The SMILES string of the molecule is CCCCCCCOC(=O)C[P+](CCCCCC)(CCCCCC)CCCCCC.O=S(=O)(NS(=O)(=O)C(F)(F)F)C(F)(F)F. The molecule has 0 aliphatic heterocycles. The van der Waals surface area contributed by atoms with E-state index in [1.54, 1.807) is 0 Å². The molecule has 0 bridgehead atoms. The molecule has 0 unspecified atom stereocenters. The minimum absolute atomic E-state index is 0.125. The van der Waals surface area contributed by atoms with E-state index >= 15 is 0 Å². The average Bonchev–Trinajstić information content (AvgIpc) is 2.92. The van der Waals surface area contributed by atoms with Crippen LogP contribution in [-0.4, -0.2) is 65.1 Å². The van der Waals surface area contributed by atoms with Gasteiger partial charge in [0.2, 0.25) is 0 Å². The van der Waals surface area contributed by atoms with E-state index < -0.39 is 42.5 Å². The van der Waals surface area contributed by atoms with Crippen molar-refractivity contribution in [1.82, 2.24) is 4.13 Å². The summed E-state index contributed by atoms with van der Waals surface area (Å²) in [6.07, 6.45) is 26.7. The molecule has 0 aromatic heterocycles. The van der Waals surface area contributed by atoms with Crippen LogP contribution in [0.2, 0.25) is 0 Å². The molecule has 0 fully saturated rings. The number of carbonyl (C=O) groups excluding carboxylic acids is 1. The van der Waals surface area contributed by atoms with Crippen molar-refractivity contribution in [3.05, 3.63) is 0 Å². The molecule has 7 nitrogen and oxygen atoms in total. The van der Waals surface area contributed by atoms with Crippen LogP contribution in [0.1, 0.15) is 137 Å². The highest BCUT2D eigenvalue weighted by Crippen LogP contribution is 2.61. The predicted molar refractivity (Wildman–Crippen MR) is 172 cm³/mol. The maximum atomic E-state index is 12.8. The molecule has 0 heterocycles. The second-order valence-corrected chi connectivity index (χ2v) is 19.4. The van der Waals surface area contributed by atoms with E-state index in [0.29, 0.717) is 6.61 Å². The Morgan fingerprint density at radius 3 is 1.18 bits per heavy atom. The molecule has 0 spiro atoms. The van der Waals surface area contributed by atoms with E-state index in [2.05, 4.69) is 27.7 Å². The van der Waals surface area contributed by atoms with Crippen LogP contribution in [0.5, 0.6) is 0 Å². The van der Waals surface area contributed by atoms with Gasteiger partial charge in [-0.2, -0.15) is 26.3 Å².